The molecule has 1 aliphatic heterocycles. The van der Waals surface area contributed by atoms with Gasteiger partial charge >= 0.3 is 5.97 Å². The van der Waals surface area contributed by atoms with Gasteiger partial charge in [0.2, 0.25) is 0 Å². The number of aliphatic carboxylic acids is 1. The molecule has 2 fully saturated rings. The maximum atomic E-state index is 10.7. The van der Waals surface area contributed by atoms with Gasteiger partial charge in [-0.05, 0) is 12.8 Å². The van der Waals surface area contributed by atoms with E-state index in [2.05, 4.69) is 4.74 Å². The van der Waals surface area contributed by atoms with Gasteiger partial charge in [-0.3, -0.25) is 0 Å². The molecule has 6 heteroatoms. The molecule has 0 aromatic carbocycles. The van der Waals surface area contributed by atoms with E-state index in [0.717, 1.165) is 0 Å². The summed E-state index contributed by atoms with van der Waals surface area (Å²) in [5, 5.41) is 37.1. The highest BCUT2D eigenvalue weighted by Gasteiger charge is 2.63. The second-order valence-electron chi connectivity index (χ2n) is 3.91. The summed E-state index contributed by atoms with van der Waals surface area (Å²) in [6.07, 6.45) is -4.40. The van der Waals surface area contributed by atoms with Gasteiger partial charge in [0.15, 0.2) is 12.4 Å². The lowest BCUT2D eigenvalue weighted by Gasteiger charge is -2.39. The van der Waals surface area contributed by atoms with Crippen LogP contribution in [0.1, 0.15) is 12.8 Å². The number of ether oxygens (including phenoxy) is 1. The van der Waals surface area contributed by atoms with Crippen LogP contribution in [0.4, 0.5) is 0 Å². The summed E-state index contributed by atoms with van der Waals surface area (Å²) in [6.45, 7) is 0. The van der Waals surface area contributed by atoms with Gasteiger partial charge in [-0.1, -0.05) is 0 Å². The predicted octanol–water partition coefficient (Wildman–Crippen LogP) is -1.71. The van der Waals surface area contributed by atoms with Crippen molar-refractivity contribution in [2.45, 2.75) is 37.4 Å². The maximum Gasteiger partial charge on any atom is 0.335 e. The minimum Gasteiger partial charge on any atom is -0.479 e. The van der Waals surface area contributed by atoms with Crippen molar-refractivity contribution in [2.24, 2.45) is 5.41 Å². The van der Waals surface area contributed by atoms with Gasteiger partial charge < -0.3 is 25.2 Å². The summed E-state index contributed by atoms with van der Waals surface area (Å²) in [7, 11) is 0. The van der Waals surface area contributed by atoms with Crippen LogP contribution in [-0.4, -0.2) is 51.0 Å². The summed E-state index contributed by atoms with van der Waals surface area (Å²) in [5.41, 5.74) is -0.874. The highest BCUT2D eigenvalue weighted by molar-refractivity contribution is 5.73. The summed E-state index contributed by atoms with van der Waals surface area (Å²) in [6, 6.07) is 0. The molecule has 0 amide bonds. The Morgan fingerprint density at radius 3 is 2.21 bits per heavy atom. The van der Waals surface area contributed by atoms with Gasteiger partial charge in [0, 0.05) is 5.41 Å². The third-order valence-corrected chi connectivity index (χ3v) is 3.09. The van der Waals surface area contributed by atoms with Crippen molar-refractivity contribution in [3.63, 3.8) is 0 Å². The van der Waals surface area contributed by atoms with Crippen LogP contribution in [0.5, 0.6) is 0 Å². The molecular weight excluding hydrogens is 192 g/mol. The smallest absolute Gasteiger partial charge is 0.335 e. The molecule has 0 bridgehead atoms. The van der Waals surface area contributed by atoms with Crippen molar-refractivity contribution in [1.29, 1.82) is 0 Å². The number of carbonyl (C=O) groups is 1. The Labute approximate surface area is 79.7 Å². The largest absolute Gasteiger partial charge is 0.479 e. The van der Waals surface area contributed by atoms with E-state index in [9.17, 15) is 20.1 Å². The fraction of sp³-hybridized carbons (Fsp3) is 0.875. The number of hydrogen-bond acceptors (Lipinski definition) is 5. The minimum atomic E-state index is -1.53. The second-order valence-corrected chi connectivity index (χ2v) is 3.91. The van der Waals surface area contributed by atoms with E-state index in [0.29, 0.717) is 12.8 Å². The zero-order valence-electron chi connectivity index (χ0n) is 7.33. The molecule has 1 aliphatic carbocycles. The van der Waals surface area contributed by atoms with Crippen molar-refractivity contribution in [1.82, 2.24) is 0 Å². The molecule has 1 saturated carbocycles. The van der Waals surface area contributed by atoms with Crippen LogP contribution < -0.4 is 0 Å². The topological polar surface area (TPSA) is 107 Å². The number of aliphatic hydroxyl groups is 3. The number of carboxylic acid groups (broad SMARTS) is 1. The van der Waals surface area contributed by atoms with E-state index in [1.807, 2.05) is 0 Å². The molecule has 0 aromatic rings. The fourth-order valence-corrected chi connectivity index (χ4v) is 1.99. The molecular formula is C8H12O6. The van der Waals surface area contributed by atoms with E-state index in [4.69, 9.17) is 5.11 Å². The molecule has 4 atom stereocenters. The molecule has 0 aromatic heterocycles. The van der Waals surface area contributed by atoms with Gasteiger partial charge in [0.05, 0.1) is 6.10 Å². The highest BCUT2D eigenvalue weighted by atomic mass is 16.6. The van der Waals surface area contributed by atoms with E-state index in [1.165, 1.54) is 0 Å². The van der Waals surface area contributed by atoms with Gasteiger partial charge in [0.1, 0.15) is 6.10 Å². The molecule has 6 nitrogen and oxygen atoms in total. The first-order valence-electron chi connectivity index (χ1n) is 4.41. The second kappa shape index (κ2) is 2.90. The lowest BCUT2D eigenvalue weighted by molar-refractivity contribution is -0.274. The predicted molar refractivity (Wildman–Crippen MR) is 42.2 cm³/mol. The maximum absolute atomic E-state index is 10.7. The standard InChI is InChI=1S/C8H12O6/c9-4-3(6(11)12)14-7(13)5(10)8(4)1-2-8/h3-5,7,9-10,13H,1-2H2,(H,11,12)/t3-,4+,5-,7+/m0/s1. The fourth-order valence-electron chi connectivity index (χ4n) is 1.99. The SMILES string of the molecule is O=C(O)[C@H]1O[C@@H](O)[C@H](O)C2(CC2)[C@@H]1O. The van der Waals surface area contributed by atoms with Crippen LogP contribution >= 0.6 is 0 Å². The molecule has 2 aliphatic rings. The van der Waals surface area contributed by atoms with Crippen molar-refractivity contribution >= 4 is 5.97 Å². The lowest BCUT2D eigenvalue weighted by Crippen LogP contribution is -2.58. The van der Waals surface area contributed by atoms with Crippen LogP contribution in [0.2, 0.25) is 0 Å². The van der Waals surface area contributed by atoms with Gasteiger partial charge in [-0.15, -0.1) is 0 Å². The summed E-state index contributed by atoms with van der Waals surface area (Å²) >= 11 is 0. The van der Waals surface area contributed by atoms with Gasteiger partial charge in [-0.2, -0.15) is 0 Å². The zero-order chi connectivity index (χ0) is 10.5. The Morgan fingerprint density at radius 1 is 1.21 bits per heavy atom. The number of carboxylic acids is 1. The van der Waals surface area contributed by atoms with Crippen molar-refractivity contribution in [2.75, 3.05) is 0 Å². The normalized spacial score (nSPS) is 45.1. The first kappa shape index (κ1) is 9.85. The molecule has 14 heavy (non-hydrogen) atoms. The summed E-state index contributed by atoms with van der Waals surface area (Å²) in [4.78, 5) is 10.7. The molecule has 0 radical (unpaired) electrons. The van der Waals surface area contributed by atoms with E-state index in [-0.39, 0.29) is 0 Å². The van der Waals surface area contributed by atoms with Crippen LogP contribution in [0.25, 0.3) is 0 Å². The Morgan fingerprint density at radius 2 is 1.79 bits per heavy atom. The molecule has 1 spiro atoms. The third kappa shape index (κ3) is 1.15. The van der Waals surface area contributed by atoms with Crippen LogP contribution in [0.3, 0.4) is 0 Å². The minimum absolute atomic E-state index is 0.513. The van der Waals surface area contributed by atoms with Crippen molar-refractivity contribution in [3.8, 4) is 0 Å². The van der Waals surface area contributed by atoms with Crippen molar-refractivity contribution < 1.29 is 30.0 Å². The molecule has 1 saturated heterocycles. The van der Waals surface area contributed by atoms with Crippen LogP contribution in [0, 0.1) is 5.41 Å². The van der Waals surface area contributed by atoms with Crippen LogP contribution in [-0.2, 0) is 9.53 Å². The lowest BCUT2D eigenvalue weighted by atomic mass is 9.85. The average Bonchev–Trinajstić information content (AvgIpc) is 2.89. The van der Waals surface area contributed by atoms with E-state index >= 15 is 0 Å². The summed E-state index contributed by atoms with van der Waals surface area (Å²) < 4.78 is 4.60. The van der Waals surface area contributed by atoms with Crippen molar-refractivity contribution in [3.05, 3.63) is 0 Å². The molecule has 4 N–H and O–H groups in total. The Balaban J connectivity index is 2.22. The Hall–Kier alpha value is -0.690. The number of hydrogen-bond donors (Lipinski definition) is 4. The Kier molecular flexibility index (Phi) is 2.04. The number of aliphatic hydroxyl groups excluding tert-OH is 3. The van der Waals surface area contributed by atoms with E-state index < -0.39 is 36.0 Å². The third-order valence-electron chi connectivity index (χ3n) is 3.09. The molecule has 1 heterocycles. The van der Waals surface area contributed by atoms with E-state index in [1.54, 1.807) is 0 Å². The summed E-state index contributed by atoms with van der Waals surface area (Å²) in [5.74, 6) is -1.32. The Bertz CT molecular complexity index is 261. The first-order valence-corrected chi connectivity index (χ1v) is 4.41. The quantitative estimate of drug-likeness (QED) is 0.405. The zero-order valence-corrected chi connectivity index (χ0v) is 7.33. The molecule has 2 rings (SSSR count). The average molecular weight is 204 g/mol. The van der Waals surface area contributed by atoms with Gasteiger partial charge in [0.25, 0.3) is 0 Å². The van der Waals surface area contributed by atoms with Crippen LogP contribution in [0.15, 0.2) is 0 Å². The van der Waals surface area contributed by atoms with Gasteiger partial charge in [-0.25, -0.2) is 4.79 Å². The highest BCUT2D eigenvalue weighted by Crippen LogP contribution is 2.56. The first-order chi connectivity index (χ1) is 6.49. The molecule has 0 unspecified atom stereocenters. The monoisotopic (exact) mass is 204 g/mol. The number of rotatable bonds is 1. The molecule has 80 valence electrons.